The Labute approximate surface area is 143 Å². The summed E-state index contributed by atoms with van der Waals surface area (Å²) in [5, 5.41) is 2.83. The van der Waals surface area contributed by atoms with Crippen LogP contribution in [0.15, 0.2) is 0 Å². The lowest BCUT2D eigenvalue weighted by Gasteiger charge is -2.16. The van der Waals surface area contributed by atoms with Crippen molar-refractivity contribution in [1.82, 2.24) is 5.32 Å². The minimum absolute atomic E-state index is 0.0522. The lowest BCUT2D eigenvalue weighted by molar-refractivity contribution is -0.127. The van der Waals surface area contributed by atoms with Crippen molar-refractivity contribution in [2.45, 2.75) is 59.1 Å². The van der Waals surface area contributed by atoms with Crippen LogP contribution in [0.3, 0.4) is 0 Å². The number of hydrogen-bond acceptors (Lipinski definition) is 5. The van der Waals surface area contributed by atoms with Gasteiger partial charge in [0.1, 0.15) is 5.78 Å². The van der Waals surface area contributed by atoms with Crippen LogP contribution in [-0.2, 0) is 14.3 Å². The van der Waals surface area contributed by atoms with E-state index in [-0.39, 0.29) is 21.9 Å². The van der Waals surface area contributed by atoms with Crippen molar-refractivity contribution in [1.29, 1.82) is 0 Å². The van der Waals surface area contributed by atoms with Crippen molar-refractivity contribution < 1.29 is 14.3 Å². The van der Waals surface area contributed by atoms with Gasteiger partial charge in [0.2, 0.25) is 5.91 Å². The van der Waals surface area contributed by atoms with Crippen molar-refractivity contribution >= 4 is 33.3 Å². The number of ketones is 1. The maximum absolute atomic E-state index is 11.7. The molecule has 0 spiro atoms. The Kier molecular flexibility index (Phi) is 10.5. The summed E-state index contributed by atoms with van der Waals surface area (Å²) in [6.07, 6.45) is 0.953. The van der Waals surface area contributed by atoms with E-state index >= 15 is 0 Å². The highest BCUT2D eigenvalue weighted by molar-refractivity contribution is 8.77. The second kappa shape index (κ2) is 10.6. The Morgan fingerprint density at radius 1 is 1.00 bits per heavy atom. The largest absolute Gasteiger partial charge is 0.379 e. The van der Waals surface area contributed by atoms with E-state index in [0.717, 1.165) is 5.75 Å². The number of ether oxygens (including phenoxy) is 1. The fourth-order valence-corrected chi connectivity index (χ4v) is 3.61. The van der Waals surface area contributed by atoms with Crippen LogP contribution < -0.4 is 5.32 Å². The van der Waals surface area contributed by atoms with Crippen molar-refractivity contribution in [2.24, 2.45) is 5.41 Å². The molecule has 0 aromatic rings. The highest BCUT2D eigenvalue weighted by Crippen LogP contribution is 2.35. The number of hydrogen-bond donors (Lipinski definition) is 1. The first-order valence-corrected chi connectivity index (χ1v) is 10.0. The molecule has 0 unspecified atom stereocenters. The van der Waals surface area contributed by atoms with E-state index < -0.39 is 0 Å². The highest BCUT2D eigenvalue weighted by Gasteiger charge is 2.20. The molecule has 6 heteroatoms. The molecule has 0 aliphatic rings. The number of Topliss-reactive ketones (excluding diaryl/α,β-unsaturated/α-hetero) is 1. The molecule has 22 heavy (non-hydrogen) atoms. The molecule has 130 valence electrons. The van der Waals surface area contributed by atoms with Gasteiger partial charge < -0.3 is 10.1 Å². The van der Waals surface area contributed by atoms with Crippen LogP contribution in [0.4, 0.5) is 0 Å². The molecule has 0 radical (unpaired) electrons. The molecule has 0 bridgehead atoms. The summed E-state index contributed by atoms with van der Waals surface area (Å²) in [7, 11) is 3.52. The molecule has 0 atom stereocenters. The van der Waals surface area contributed by atoms with Crippen LogP contribution in [0, 0.1) is 5.41 Å². The minimum atomic E-state index is -0.305. The Morgan fingerprint density at radius 2 is 1.64 bits per heavy atom. The Morgan fingerprint density at radius 3 is 2.18 bits per heavy atom. The van der Waals surface area contributed by atoms with Crippen molar-refractivity contribution in [3.8, 4) is 0 Å². The van der Waals surface area contributed by atoms with Gasteiger partial charge in [0.15, 0.2) is 0 Å². The first-order chi connectivity index (χ1) is 10.0. The van der Waals surface area contributed by atoms with Gasteiger partial charge in [-0.15, -0.1) is 0 Å². The van der Waals surface area contributed by atoms with Crippen LogP contribution >= 0.6 is 21.6 Å². The van der Waals surface area contributed by atoms with Crippen molar-refractivity contribution in [2.75, 3.05) is 25.5 Å². The average molecular weight is 350 g/mol. The summed E-state index contributed by atoms with van der Waals surface area (Å²) in [5.74, 6) is 1.07. The zero-order valence-electron chi connectivity index (χ0n) is 14.8. The first-order valence-electron chi connectivity index (χ1n) is 7.71. The average Bonchev–Trinajstić information content (AvgIpc) is 2.36. The highest BCUT2D eigenvalue weighted by atomic mass is 33.1. The zero-order chi connectivity index (χ0) is 17.2. The van der Waals surface area contributed by atoms with Crippen molar-refractivity contribution in [3.63, 3.8) is 0 Å². The third-order valence-electron chi connectivity index (χ3n) is 2.60. The van der Waals surface area contributed by atoms with E-state index in [0.29, 0.717) is 32.6 Å². The lowest BCUT2D eigenvalue weighted by Crippen LogP contribution is -2.28. The SMILES string of the molecule is CC(C)(C)SSCCC(=O)NCCOCCC(=O)C(C)(C)C. The van der Waals surface area contributed by atoms with Crippen LogP contribution in [0.2, 0.25) is 0 Å². The summed E-state index contributed by atoms with van der Waals surface area (Å²) in [6, 6.07) is 0. The monoisotopic (exact) mass is 349 g/mol. The van der Waals surface area contributed by atoms with Gasteiger partial charge in [-0.2, -0.15) is 0 Å². The van der Waals surface area contributed by atoms with Gasteiger partial charge in [0, 0.05) is 35.3 Å². The quantitative estimate of drug-likeness (QED) is 0.481. The Bertz CT molecular complexity index is 346. The van der Waals surface area contributed by atoms with Gasteiger partial charge in [0.05, 0.1) is 13.2 Å². The fraction of sp³-hybridized carbons (Fsp3) is 0.875. The first kappa shape index (κ1) is 21.8. The maximum Gasteiger partial charge on any atom is 0.220 e. The topological polar surface area (TPSA) is 55.4 Å². The number of carbonyl (C=O) groups is 2. The maximum atomic E-state index is 11.7. The van der Waals surface area contributed by atoms with E-state index in [1.165, 1.54) is 0 Å². The van der Waals surface area contributed by atoms with E-state index in [4.69, 9.17) is 4.74 Å². The summed E-state index contributed by atoms with van der Waals surface area (Å²) >= 11 is 0. The number of carbonyl (C=O) groups excluding carboxylic acids is 2. The van der Waals surface area contributed by atoms with Gasteiger partial charge in [-0.05, 0) is 0 Å². The van der Waals surface area contributed by atoms with E-state index in [2.05, 4.69) is 26.1 Å². The molecule has 0 aliphatic heterocycles. The smallest absolute Gasteiger partial charge is 0.220 e. The minimum Gasteiger partial charge on any atom is -0.379 e. The lowest BCUT2D eigenvalue weighted by atomic mass is 9.89. The molecule has 0 fully saturated rings. The fourth-order valence-electron chi connectivity index (χ4n) is 1.35. The van der Waals surface area contributed by atoms with E-state index in [1.54, 1.807) is 21.6 Å². The summed E-state index contributed by atoms with van der Waals surface area (Å²) in [6.45, 7) is 13.6. The third kappa shape index (κ3) is 13.5. The van der Waals surface area contributed by atoms with Crippen LogP contribution in [0.25, 0.3) is 0 Å². The van der Waals surface area contributed by atoms with Crippen molar-refractivity contribution in [3.05, 3.63) is 0 Å². The van der Waals surface area contributed by atoms with Crippen LogP contribution in [0.1, 0.15) is 54.4 Å². The molecule has 0 aliphatic carbocycles. The van der Waals surface area contributed by atoms with Gasteiger partial charge in [-0.25, -0.2) is 0 Å². The number of nitrogens with one attached hydrogen (secondary N) is 1. The molecule has 0 rings (SSSR count). The van der Waals surface area contributed by atoms with E-state index in [1.807, 2.05) is 20.8 Å². The molecule has 1 N–H and O–H groups in total. The Hall–Kier alpha value is -0.200. The van der Waals surface area contributed by atoms with Gasteiger partial charge in [-0.3, -0.25) is 9.59 Å². The Balaban J connectivity index is 3.48. The summed E-state index contributed by atoms with van der Waals surface area (Å²) in [5.41, 5.74) is -0.305. The van der Waals surface area contributed by atoms with Crippen LogP contribution in [-0.4, -0.2) is 41.9 Å². The molecule has 0 saturated heterocycles. The molecule has 0 saturated carbocycles. The van der Waals surface area contributed by atoms with Gasteiger partial charge in [-0.1, -0.05) is 63.1 Å². The number of amides is 1. The van der Waals surface area contributed by atoms with Crippen LogP contribution in [0.5, 0.6) is 0 Å². The molecule has 0 heterocycles. The van der Waals surface area contributed by atoms with Gasteiger partial charge in [0.25, 0.3) is 0 Å². The second-order valence-electron chi connectivity index (χ2n) is 7.15. The second-order valence-corrected chi connectivity index (χ2v) is 10.4. The molecule has 0 aromatic heterocycles. The van der Waals surface area contributed by atoms with Gasteiger partial charge >= 0.3 is 0 Å². The molecule has 4 nitrogen and oxygen atoms in total. The predicted molar refractivity (Wildman–Crippen MR) is 97.3 cm³/mol. The summed E-state index contributed by atoms with van der Waals surface area (Å²) < 4.78 is 5.60. The predicted octanol–water partition coefficient (Wildman–Crippen LogP) is 3.69. The third-order valence-corrected chi connectivity index (χ3v) is 5.94. The molecule has 1 amide bonds. The molecular weight excluding hydrogens is 318 g/mol. The van der Waals surface area contributed by atoms with E-state index in [9.17, 15) is 9.59 Å². The molecule has 0 aromatic carbocycles. The zero-order valence-corrected chi connectivity index (χ0v) is 16.4. The number of rotatable bonds is 10. The normalized spacial score (nSPS) is 12.3. The standard InChI is InChI=1S/C16H31NO3S2/c1-15(2,3)13(18)7-10-20-11-9-17-14(19)8-12-21-22-16(4,5)6/h7-12H2,1-6H3,(H,17,19). The summed E-state index contributed by atoms with van der Waals surface area (Å²) in [4.78, 5) is 23.3. The molecular formula is C16H31NO3S2.